The van der Waals surface area contributed by atoms with Crippen LogP contribution in [0.25, 0.3) is 0 Å². The predicted octanol–water partition coefficient (Wildman–Crippen LogP) is 2.46. The van der Waals surface area contributed by atoms with Crippen molar-refractivity contribution in [3.63, 3.8) is 0 Å². The zero-order valence-corrected chi connectivity index (χ0v) is 10.5. The first kappa shape index (κ1) is 11.8. The third-order valence-electron chi connectivity index (χ3n) is 2.56. The van der Waals surface area contributed by atoms with Crippen molar-refractivity contribution in [1.29, 1.82) is 0 Å². The van der Waals surface area contributed by atoms with Crippen molar-refractivity contribution in [2.24, 2.45) is 0 Å². The van der Waals surface area contributed by atoms with E-state index in [1.165, 1.54) is 16.9 Å². The van der Waals surface area contributed by atoms with Gasteiger partial charge in [0.2, 0.25) is 0 Å². The number of aromatic nitrogens is 1. The summed E-state index contributed by atoms with van der Waals surface area (Å²) in [6, 6.07) is 7.71. The van der Waals surface area contributed by atoms with E-state index in [-0.39, 0.29) is 5.91 Å². The number of likely N-dealkylation sites (N-methyl/N-ethyl adjacent to an activating group) is 1. The number of thiophene rings is 1. The lowest BCUT2D eigenvalue weighted by Crippen LogP contribution is -2.28. The second-order valence-electron chi connectivity index (χ2n) is 3.81. The standard InChI is InChI=1S/C13H14N2OS/c1-15(13(16)12-3-2-10-17-12)9-6-11-4-7-14-8-5-11/h2-5,7-8,10H,6,9H2,1H3. The Balaban J connectivity index is 1.90. The molecule has 0 radical (unpaired) electrons. The molecule has 88 valence electrons. The van der Waals surface area contributed by atoms with E-state index in [9.17, 15) is 4.79 Å². The minimum absolute atomic E-state index is 0.0917. The van der Waals surface area contributed by atoms with Crippen LogP contribution < -0.4 is 0 Å². The molecule has 2 aromatic rings. The number of hydrogen-bond donors (Lipinski definition) is 0. The van der Waals surface area contributed by atoms with Crippen molar-refractivity contribution in [3.05, 3.63) is 52.5 Å². The van der Waals surface area contributed by atoms with Gasteiger partial charge in [-0.15, -0.1) is 11.3 Å². The number of rotatable bonds is 4. The van der Waals surface area contributed by atoms with Gasteiger partial charge in [0, 0.05) is 26.0 Å². The maximum atomic E-state index is 12.0. The van der Waals surface area contributed by atoms with Crippen LogP contribution in [0.4, 0.5) is 0 Å². The zero-order valence-electron chi connectivity index (χ0n) is 9.67. The molecule has 0 unspecified atom stereocenters. The lowest BCUT2D eigenvalue weighted by atomic mass is 10.2. The van der Waals surface area contributed by atoms with Crippen molar-refractivity contribution < 1.29 is 4.79 Å². The Hall–Kier alpha value is -1.68. The Morgan fingerprint density at radius 3 is 2.76 bits per heavy atom. The first-order chi connectivity index (χ1) is 8.27. The highest BCUT2D eigenvalue weighted by Gasteiger charge is 2.11. The average Bonchev–Trinajstić information content (AvgIpc) is 2.90. The molecule has 0 saturated heterocycles. The van der Waals surface area contributed by atoms with Gasteiger partial charge in [0.05, 0.1) is 4.88 Å². The van der Waals surface area contributed by atoms with Crippen molar-refractivity contribution in [3.8, 4) is 0 Å². The highest BCUT2D eigenvalue weighted by atomic mass is 32.1. The van der Waals surface area contributed by atoms with Gasteiger partial charge in [-0.2, -0.15) is 0 Å². The number of carbonyl (C=O) groups excluding carboxylic acids is 1. The van der Waals surface area contributed by atoms with Crippen LogP contribution in [-0.4, -0.2) is 29.4 Å². The smallest absolute Gasteiger partial charge is 0.263 e. The molecule has 2 heterocycles. The molecule has 0 aliphatic heterocycles. The molecular formula is C13H14N2OS. The van der Waals surface area contributed by atoms with Gasteiger partial charge in [0.1, 0.15) is 0 Å². The highest BCUT2D eigenvalue weighted by Crippen LogP contribution is 2.11. The largest absolute Gasteiger partial charge is 0.341 e. The average molecular weight is 246 g/mol. The normalized spacial score (nSPS) is 10.2. The predicted molar refractivity (Wildman–Crippen MR) is 69.2 cm³/mol. The highest BCUT2D eigenvalue weighted by molar-refractivity contribution is 7.12. The molecule has 0 aliphatic carbocycles. The molecule has 0 aliphatic rings. The first-order valence-electron chi connectivity index (χ1n) is 5.45. The van der Waals surface area contributed by atoms with Gasteiger partial charge >= 0.3 is 0 Å². The molecule has 0 saturated carbocycles. The molecule has 0 atom stereocenters. The number of carbonyl (C=O) groups is 1. The van der Waals surface area contributed by atoms with Crippen molar-refractivity contribution >= 4 is 17.2 Å². The summed E-state index contributed by atoms with van der Waals surface area (Å²) in [5.41, 5.74) is 1.20. The maximum absolute atomic E-state index is 12.0. The minimum atomic E-state index is 0.0917. The topological polar surface area (TPSA) is 33.2 Å². The first-order valence-corrected chi connectivity index (χ1v) is 6.33. The van der Waals surface area contributed by atoms with E-state index in [0.717, 1.165) is 17.8 Å². The summed E-state index contributed by atoms with van der Waals surface area (Å²) in [6.07, 6.45) is 4.41. The number of pyridine rings is 1. The molecule has 2 rings (SSSR count). The van der Waals surface area contributed by atoms with Crippen molar-refractivity contribution in [1.82, 2.24) is 9.88 Å². The fourth-order valence-electron chi connectivity index (χ4n) is 1.54. The quantitative estimate of drug-likeness (QED) is 0.830. The Morgan fingerprint density at radius 2 is 2.12 bits per heavy atom. The molecule has 17 heavy (non-hydrogen) atoms. The van der Waals surface area contributed by atoms with Gasteiger partial charge in [-0.05, 0) is 35.6 Å². The SMILES string of the molecule is CN(CCc1ccncc1)C(=O)c1cccs1. The van der Waals surface area contributed by atoms with Gasteiger partial charge in [-0.25, -0.2) is 0 Å². The van der Waals surface area contributed by atoms with Crippen LogP contribution in [0.5, 0.6) is 0 Å². The van der Waals surface area contributed by atoms with Gasteiger partial charge < -0.3 is 4.90 Å². The molecular weight excluding hydrogens is 232 g/mol. The van der Waals surface area contributed by atoms with E-state index >= 15 is 0 Å². The summed E-state index contributed by atoms with van der Waals surface area (Å²) >= 11 is 1.48. The van der Waals surface area contributed by atoms with Crippen molar-refractivity contribution in [2.45, 2.75) is 6.42 Å². The number of hydrogen-bond acceptors (Lipinski definition) is 3. The third-order valence-corrected chi connectivity index (χ3v) is 3.42. The summed E-state index contributed by atoms with van der Waals surface area (Å²) < 4.78 is 0. The van der Waals surface area contributed by atoms with Crippen LogP contribution in [-0.2, 0) is 6.42 Å². The summed E-state index contributed by atoms with van der Waals surface area (Å²) in [4.78, 5) is 18.5. The maximum Gasteiger partial charge on any atom is 0.263 e. The molecule has 3 nitrogen and oxygen atoms in total. The van der Waals surface area contributed by atoms with E-state index in [4.69, 9.17) is 0 Å². The molecule has 4 heteroatoms. The number of nitrogens with zero attached hydrogens (tertiary/aromatic N) is 2. The molecule has 0 N–H and O–H groups in total. The van der Waals surface area contributed by atoms with Crippen LogP contribution in [0.15, 0.2) is 42.0 Å². The van der Waals surface area contributed by atoms with Crippen LogP contribution in [0.1, 0.15) is 15.2 Å². The molecule has 2 aromatic heterocycles. The van der Waals surface area contributed by atoms with Crippen LogP contribution in [0.2, 0.25) is 0 Å². The fourth-order valence-corrected chi connectivity index (χ4v) is 2.25. The Labute approximate surface area is 105 Å². The lowest BCUT2D eigenvalue weighted by molar-refractivity contribution is 0.0801. The Morgan fingerprint density at radius 1 is 1.35 bits per heavy atom. The van der Waals surface area contributed by atoms with E-state index in [0.29, 0.717) is 0 Å². The Bertz CT molecular complexity index is 467. The van der Waals surface area contributed by atoms with E-state index in [2.05, 4.69) is 4.98 Å². The number of amides is 1. The molecule has 0 spiro atoms. The van der Waals surface area contributed by atoms with Gasteiger partial charge in [0.15, 0.2) is 0 Å². The van der Waals surface area contributed by atoms with Gasteiger partial charge in [0.25, 0.3) is 5.91 Å². The monoisotopic (exact) mass is 246 g/mol. The van der Waals surface area contributed by atoms with E-state index in [1.807, 2.05) is 36.7 Å². The summed E-state index contributed by atoms with van der Waals surface area (Å²) in [7, 11) is 1.84. The Kier molecular flexibility index (Phi) is 3.88. The van der Waals surface area contributed by atoms with Crippen LogP contribution >= 0.6 is 11.3 Å². The fraction of sp³-hybridized carbons (Fsp3) is 0.231. The van der Waals surface area contributed by atoms with E-state index < -0.39 is 0 Å². The molecule has 1 amide bonds. The second kappa shape index (κ2) is 5.59. The van der Waals surface area contributed by atoms with Crippen molar-refractivity contribution in [2.75, 3.05) is 13.6 Å². The molecule has 0 bridgehead atoms. The van der Waals surface area contributed by atoms with Crippen LogP contribution in [0, 0.1) is 0 Å². The van der Waals surface area contributed by atoms with E-state index in [1.54, 1.807) is 17.3 Å². The third kappa shape index (κ3) is 3.14. The molecule has 0 fully saturated rings. The molecule has 0 aromatic carbocycles. The minimum Gasteiger partial charge on any atom is -0.341 e. The second-order valence-corrected chi connectivity index (χ2v) is 4.76. The summed E-state index contributed by atoms with van der Waals surface area (Å²) in [5.74, 6) is 0.0917. The summed E-state index contributed by atoms with van der Waals surface area (Å²) in [6.45, 7) is 0.723. The zero-order chi connectivity index (χ0) is 12.1. The van der Waals surface area contributed by atoms with Crippen LogP contribution in [0.3, 0.4) is 0 Å². The van der Waals surface area contributed by atoms with Gasteiger partial charge in [-0.3, -0.25) is 9.78 Å². The lowest BCUT2D eigenvalue weighted by Gasteiger charge is -2.15. The summed E-state index contributed by atoms with van der Waals surface area (Å²) in [5, 5.41) is 1.92. The van der Waals surface area contributed by atoms with Gasteiger partial charge in [-0.1, -0.05) is 6.07 Å².